The summed E-state index contributed by atoms with van der Waals surface area (Å²) in [4.78, 5) is 13.1. The van der Waals surface area contributed by atoms with Crippen molar-refractivity contribution in [3.05, 3.63) is 29.3 Å². The van der Waals surface area contributed by atoms with Crippen LogP contribution in [0.15, 0.2) is 18.2 Å². The van der Waals surface area contributed by atoms with Crippen LogP contribution in [0.5, 0.6) is 0 Å². The number of nitriles is 1. The van der Waals surface area contributed by atoms with Gasteiger partial charge in [-0.3, -0.25) is 4.79 Å². The van der Waals surface area contributed by atoms with Gasteiger partial charge in [0.2, 0.25) is 0 Å². The second-order valence-electron chi connectivity index (χ2n) is 5.39. The van der Waals surface area contributed by atoms with E-state index in [1.807, 2.05) is 25.1 Å². The lowest BCUT2D eigenvalue weighted by atomic mass is 9.96. The minimum Gasteiger partial charge on any atom is -0.481 e. The molecule has 1 aromatic carbocycles. The molecule has 0 spiro atoms. The van der Waals surface area contributed by atoms with Crippen molar-refractivity contribution < 1.29 is 9.90 Å². The summed E-state index contributed by atoms with van der Waals surface area (Å²) in [5, 5.41) is 17.8. The molecule has 1 fully saturated rings. The molecule has 2 rings (SSSR count). The third kappa shape index (κ3) is 3.30. The van der Waals surface area contributed by atoms with Crippen LogP contribution < -0.4 is 4.90 Å². The maximum absolute atomic E-state index is 10.8. The topological polar surface area (TPSA) is 64.3 Å². The third-order valence-electron chi connectivity index (χ3n) is 3.98. The van der Waals surface area contributed by atoms with Gasteiger partial charge in [-0.2, -0.15) is 5.26 Å². The summed E-state index contributed by atoms with van der Waals surface area (Å²) < 4.78 is 0. The van der Waals surface area contributed by atoms with Gasteiger partial charge in [0.05, 0.1) is 11.6 Å². The smallest absolute Gasteiger partial charge is 0.303 e. The van der Waals surface area contributed by atoms with Crippen LogP contribution >= 0.6 is 0 Å². The lowest BCUT2D eigenvalue weighted by Gasteiger charge is -2.37. The second-order valence-corrected chi connectivity index (χ2v) is 5.39. The summed E-state index contributed by atoms with van der Waals surface area (Å²) in [6.07, 6.45) is 4.26. The molecule has 0 aromatic heterocycles. The number of anilines is 1. The fraction of sp³-hybridized carbons (Fsp3) is 0.500. The molecule has 0 radical (unpaired) electrons. The van der Waals surface area contributed by atoms with Gasteiger partial charge >= 0.3 is 5.97 Å². The Morgan fingerprint density at radius 2 is 2.30 bits per heavy atom. The summed E-state index contributed by atoms with van der Waals surface area (Å²) in [6, 6.07) is 8.35. The highest BCUT2D eigenvalue weighted by Crippen LogP contribution is 2.28. The Morgan fingerprint density at radius 3 is 2.95 bits per heavy atom. The Kier molecular flexibility index (Phi) is 4.62. The quantitative estimate of drug-likeness (QED) is 0.914. The summed E-state index contributed by atoms with van der Waals surface area (Å²) in [5.74, 6) is -0.730. The first kappa shape index (κ1) is 14.4. The number of carboxylic acid groups (broad SMARTS) is 1. The zero-order valence-electron chi connectivity index (χ0n) is 11.8. The molecule has 1 atom stereocenters. The number of aliphatic carboxylic acids is 1. The number of piperidine rings is 1. The minimum absolute atomic E-state index is 0.219. The molecule has 0 aliphatic carbocycles. The van der Waals surface area contributed by atoms with E-state index in [1.165, 1.54) is 0 Å². The molecule has 1 heterocycles. The molecule has 106 valence electrons. The molecule has 4 heteroatoms. The van der Waals surface area contributed by atoms with E-state index >= 15 is 0 Å². The molecule has 1 N–H and O–H groups in total. The van der Waals surface area contributed by atoms with Gasteiger partial charge < -0.3 is 10.0 Å². The molecule has 20 heavy (non-hydrogen) atoms. The Balaban J connectivity index is 2.17. The number of benzene rings is 1. The molecule has 1 aliphatic heterocycles. The van der Waals surface area contributed by atoms with E-state index < -0.39 is 5.97 Å². The van der Waals surface area contributed by atoms with E-state index in [0.29, 0.717) is 18.0 Å². The Labute approximate surface area is 119 Å². The molecule has 1 unspecified atom stereocenters. The number of carboxylic acids is 1. The van der Waals surface area contributed by atoms with Crippen molar-refractivity contribution in [2.75, 3.05) is 11.4 Å². The number of aryl methyl sites for hydroxylation is 1. The average molecular weight is 272 g/mol. The Hall–Kier alpha value is -2.02. The maximum atomic E-state index is 10.8. The normalized spacial score (nSPS) is 18.6. The first-order chi connectivity index (χ1) is 9.61. The molecule has 4 nitrogen and oxygen atoms in total. The van der Waals surface area contributed by atoms with Gasteiger partial charge in [-0.15, -0.1) is 0 Å². The fourth-order valence-electron chi connectivity index (χ4n) is 2.88. The molecular formula is C16H20N2O2. The third-order valence-corrected chi connectivity index (χ3v) is 3.98. The summed E-state index contributed by atoms with van der Waals surface area (Å²) >= 11 is 0. The van der Waals surface area contributed by atoms with Crippen molar-refractivity contribution in [3.8, 4) is 6.07 Å². The first-order valence-corrected chi connectivity index (χ1v) is 7.11. The number of hydrogen-bond donors (Lipinski definition) is 1. The van der Waals surface area contributed by atoms with Crippen molar-refractivity contribution in [1.82, 2.24) is 0 Å². The lowest BCUT2D eigenvalue weighted by Crippen LogP contribution is -2.39. The van der Waals surface area contributed by atoms with Gasteiger partial charge in [0, 0.05) is 24.7 Å². The van der Waals surface area contributed by atoms with Gasteiger partial charge in [0.25, 0.3) is 0 Å². The van der Waals surface area contributed by atoms with Crippen LogP contribution in [0.25, 0.3) is 0 Å². The Bertz CT molecular complexity index is 534. The zero-order chi connectivity index (χ0) is 14.5. The van der Waals surface area contributed by atoms with Gasteiger partial charge in [0.1, 0.15) is 0 Å². The van der Waals surface area contributed by atoms with Gasteiger partial charge in [-0.05, 0) is 56.4 Å². The van der Waals surface area contributed by atoms with Gasteiger partial charge in [-0.1, -0.05) is 0 Å². The van der Waals surface area contributed by atoms with Crippen molar-refractivity contribution in [2.45, 2.75) is 45.1 Å². The zero-order valence-corrected chi connectivity index (χ0v) is 11.8. The average Bonchev–Trinajstić information content (AvgIpc) is 2.45. The van der Waals surface area contributed by atoms with Gasteiger partial charge in [0.15, 0.2) is 0 Å². The predicted octanol–water partition coefficient (Wildman–Crippen LogP) is 3.09. The van der Waals surface area contributed by atoms with E-state index in [4.69, 9.17) is 10.4 Å². The number of rotatable bonds is 4. The number of carbonyl (C=O) groups is 1. The predicted molar refractivity (Wildman–Crippen MR) is 77.7 cm³/mol. The second kappa shape index (κ2) is 6.42. The van der Waals surface area contributed by atoms with Crippen LogP contribution in [0.3, 0.4) is 0 Å². The van der Waals surface area contributed by atoms with Crippen molar-refractivity contribution in [1.29, 1.82) is 5.26 Å². The monoisotopic (exact) mass is 272 g/mol. The highest BCUT2D eigenvalue weighted by Gasteiger charge is 2.23. The fourth-order valence-corrected chi connectivity index (χ4v) is 2.88. The first-order valence-electron chi connectivity index (χ1n) is 7.11. The molecule has 1 aliphatic rings. The molecule has 1 saturated heterocycles. The minimum atomic E-state index is -0.730. The SMILES string of the molecule is Cc1cc(N2CCCCC2CCC(=O)O)ccc1C#N. The van der Waals surface area contributed by atoms with Crippen LogP contribution in [0.4, 0.5) is 5.69 Å². The Morgan fingerprint density at radius 1 is 1.50 bits per heavy atom. The number of hydrogen-bond acceptors (Lipinski definition) is 3. The number of nitrogens with zero attached hydrogens (tertiary/aromatic N) is 2. The van der Waals surface area contributed by atoms with Crippen LogP contribution in [0, 0.1) is 18.3 Å². The summed E-state index contributed by atoms with van der Waals surface area (Å²) in [7, 11) is 0. The van der Waals surface area contributed by atoms with E-state index in [1.54, 1.807) is 0 Å². The largest absolute Gasteiger partial charge is 0.481 e. The summed E-state index contributed by atoms with van der Waals surface area (Å²) in [6.45, 7) is 2.91. The van der Waals surface area contributed by atoms with Crippen LogP contribution in [-0.4, -0.2) is 23.7 Å². The molecular weight excluding hydrogens is 252 g/mol. The maximum Gasteiger partial charge on any atom is 0.303 e. The summed E-state index contributed by atoms with van der Waals surface area (Å²) in [5.41, 5.74) is 2.79. The van der Waals surface area contributed by atoms with Gasteiger partial charge in [-0.25, -0.2) is 0 Å². The van der Waals surface area contributed by atoms with Crippen molar-refractivity contribution >= 4 is 11.7 Å². The van der Waals surface area contributed by atoms with Crippen molar-refractivity contribution in [3.63, 3.8) is 0 Å². The van der Waals surface area contributed by atoms with E-state index in [0.717, 1.165) is 37.1 Å². The lowest BCUT2D eigenvalue weighted by molar-refractivity contribution is -0.137. The van der Waals surface area contributed by atoms with E-state index in [-0.39, 0.29) is 6.42 Å². The molecule has 0 bridgehead atoms. The molecule has 0 saturated carbocycles. The standard InChI is InChI=1S/C16H20N2O2/c1-12-10-15(6-5-13(12)11-17)18-9-3-2-4-14(18)7-8-16(19)20/h5-6,10,14H,2-4,7-9H2,1H3,(H,19,20). The van der Waals surface area contributed by atoms with Crippen LogP contribution in [0.1, 0.15) is 43.2 Å². The molecule has 0 amide bonds. The van der Waals surface area contributed by atoms with E-state index in [9.17, 15) is 4.79 Å². The van der Waals surface area contributed by atoms with Crippen LogP contribution in [-0.2, 0) is 4.79 Å². The highest BCUT2D eigenvalue weighted by molar-refractivity contribution is 5.66. The highest BCUT2D eigenvalue weighted by atomic mass is 16.4. The van der Waals surface area contributed by atoms with E-state index in [2.05, 4.69) is 11.0 Å². The molecule has 1 aromatic rings. The van der Waals surface area contributed by atoms with Crippen molar-refractivity contribution in [2.24, 2.45) is 0 Å². The van der Waals surface area contributed by atoms with Crippen LogP contribution in [0.2, 0.25) is 0 Å².